The van der Waals surface area contributed by atoms with Crippen LogP contribution in [0.25, 0.3) is 22.2 Å². The van der Waals surface area contributed by atoms with Gasteiger partial charge in [0.25, 0.3) is 0 Å². The lowest BCUT2D eigenvalue weighted by Gasteiger charge is -1.99. The Balaban J connectivity index is 2.35. The van der Waals surface area contributed by atoms with Crippen molar-refractivity contribution < 1.29 is 14.0 Å². The monoisotopic (exact) mass is 262 g/mol. The van der Waals surface area contributed by atoms with Gasteiger partial charge in [0.15, 0.2) is 11.3 Å². The van der Waals surface area contributed by atoms with Crippen molar-refractivity contribution in [1.82, 2.24) is 5.16 Å². The number of benzene rings is 2. The molecule has 89 valence electrons. The fourth-order valence-corrected chi connectivity index (χ4v) is 2.13. The van der Waals surface area contributed by atoms with Crippen LogP contribution >= 0.6 is 11.6 Å². The number of rotatable bonds is 1. The first-order valence-electron chi connectivity index (χ1n) is 5.17. The Morgan fingerprint density at radius 3 is 2.78 bits per heavy atom. The fourth-order valence-electron chi connectivity index (χ4n) is 1.84. The molecule has 0 N–H and O–H groups in total. The maximum atomic E-state index is 13.7. The zero-order chi connectivity index (χ0) is 12.7. The second kappa shape index (κ2) is 3.99. The van der Waals surface area contributed by atoms with Crippen LogP contribution in [0.2, 0.25) is 5.02 Å². The molecule has 0 spiro atoms. The molecule has 0 aliphatic rings. The maximum absolute atomic E-state index is 13.7. The van der Waals surface area contributed by atoms with E-state index in [1.54, 1.807) is 18.2 Å². The summed E-state index contributed by atoms with van der Waals surface area (Å²) in [5.41, 5.74) is 0.843. The van der Waals surface area contributed by atoms with Gasteiger partial charge in [0.2, 0.25) is 0 Å². The second-order valence-electron chi connectivity index (χ2n) is 3.79. The van der Waals surface area contributed by atoms with E-state index in [9.17, 15) is 9.50 Å². The molecule has 0 saturated heterocycles. The molecular weight excluding hydrogens is 257 g/mol. The summed E-state index contributed by atoms with van der Waals surface area (Å²) in [6, 6.07) is 8.71. The number of hydrogen-bond donors (Lipinski definition) is 0. The quantitative estimate of drug-likeness (QED) is 0.651. The van der Waals surface area contributed by atoms with E-state index < -0.39 is 5.82 Å². The molecule has 5 heteroatoms. The summed E-state index contributed by atoms with van der Waals surface area (Å²) in [5.74, 6) is -0.696. The molecule has 2 aromatic carbocycles. The zero-order valence-electron chi connectivity index (χ0n) is 8.98. The van der Waals surface area contributed by atoms with Crippen LogP contribution in [0.5, 0.6) is 5.75 Å². The normalized spacial score (nSPS) is 11.0. The van der Waals surface area contributed by atoms with Crippen molar-refractivity contribution in [2.75, 3.05) is 0 Å². The minimum atomic E-state index is -0.421. The van der Waals surface area contributed by atoms with Crippen LogP contribution in [0, 0.1) is 5.82 Å². The van der Waals surface area contributed by atoms with Gasteiger partial charge >= 0.3 is 0 Å². The second-order valence-corrected chi connectivity index (χ2v) is 4.20. The van der Waals surface area contributed by atoms with Crippen molar-refractivity contribution >= 4 is 22.6 Å². The van der Waals surface area contributed by atoms with E-state index in [1.807, 2.05) is 0 Å². The molecule has 3 aromatic rings. The van der Waals surface area contributed by atoms with Crippen molar-refractivity contribution in [1.29, 1.82) is 0 Å². The lowest BCUT2D eigenvalue weighted by Crippen LogP contribution is -1.84. The van der Waals surface area contributed by atoms with Crippen LogP contribution in [-0.4, -0.2) is 5.16 Å². The van der Waals surface area contributed by atoms with Crippen molar-refractivity contribution in [3.05, 3.63) is 47.2 Å². The van der Waals surface area contributed by atoms with Gasteiger partial charge in [0, 0.05) is 17.7 Å². The molecule has 1 heterocycles. The summed E-state index contributed by atoms with van der Waals surface area (Å²) >= 11 is 5.99. The van der Waals surface area contributed by atoms with Crippen LogP contribution in [0.15, 0.2) is 40.9 Å². The minimum absolute atomic E-state index is 0.206. The SMILES string of the molecule is [O]c1cc(Cl)c2c(-c3ccccc3F)noc2c1. The number of aromatic nitrogens is 1. The standard InChI is InChI=1S/C13H6ClFNO2/c14-9-5-7(17)6-11-12(9)13(16-18-11)8-3-1-2-4-10(8)15/h1-6H. The highest BCUT2D eigenvalue weighted by atomic mass is 35.5. The van der Waals surface area contributed by atoms with Gasteiger partial charge in [-0.2, -0.15) is 0 Å². The smallest absolute Gasteiger partial charge is 0.183 e. The molecule has 1 radical (unpaired) electrons. The summed E-state index contributed by atoms with van der Waals surface area (Å²) in [4.78, 5) is 0. The van der Waals surface area contributed by atoms with Crippen molar-refractivity contribution in [3.63, 3.8) is 0 Å². The topological polar surface area (TPSA) is 45.9 Å². The predicted molar refractivity (Wildman–Crippen MR) is 64.5 cm³/mol. The molecular formula is C13H6ClFNO2. The van der Waals surface area contributed by atoms with E-state index in [-0.39, 0.29) is 21.9 Å². The average molecular weight is 263 g/mol. The van der Waals surface area contributed by atoms with E-state index in [0.29, 0.717) is 11.1 Å². The first-order valence-corrected chi connectivity index (χ1v) is 5.55. The number of fused-ring (bicyclic) bond motifs is 1. The molecule has 0 aliphatic carbocycles. The fraction of sp³-hybridized carbons (Fsp3) is 0. The first kappa shape index (κ1) is 11.0. The molecule has 3 nitrogen and oxygen atoms in total. The third-order valence-electron chi connectivity index (χ3n) is 2.63. The Kier molecular flexibility index (Phi) is 2.45. The van der Waals surface area contributed by atoms with Gasteiger partial charge in [-0.3, -0.25) is 5.11 Å². The molecule has 0 unspecified atom stereocenters. The third-order valence-corrected chi connectivity index (χ3v) is 2.93. The molecule has 3 rings (SSSR count). The first-order chi connectivity index (χ1) is 8.66. The van der Waals surface area contributed by atoms with Crippen LogP contribution in [0.4, 0.5) is 4.39 Å². The average Bonchev–Trinajstić information content (AvgIpc) is 2.73. The predicted octanol–water partition coefficient (Wildman–Crippen LogP) is 4.43. The summed E-state index contributed by atoms with van der Waals surface area (Å²) in [6.07, 6.45) is 0. The summed E-state index contributed by atoms with van der Waals surface area (Å²) in [6.45, 7) is 0. The van der Waals surface area contributed by atoms with E-state index in [4.69, 9.17) is 16.1 Å². The van der Waals surface area contributed by atoms with Crippen LogP contribution < -0.4 is 0 Å². The van der Waals surface area contributed by atoms with E-state index >= 15 is 0 Å². The summed E-state index contributed by atoms with van der Waals surface area (Å²) < 4.78 is 18.7. The Morgan fingerprint density at radius 1 is 1.22 bits per heavy atom. The van der Waals surface area contributed by atoms with Gasteiger partial charge < -0.3 is 4.52 Å². The number of halogens is 2. The highest BCUT2D eigenvalue weighted by molar-refractivity contribution is 6.36. The molecule has 0 aliphatic heterocycles. The Labute approximate surface area is 106 Å². The van der Waals surface area contributed by atoms with E-state index in [2.05, 4.69) is 5.16 Å². The minimum Gasteiger partial charge on any atom is -0.355 e. The number of nitrogens with zero attached hydrogens (tertiary/aromatic N) is 1. The van der Waals surface area contributed by atoms with Crippen LogP contribution in [0.3, 0.4) is 0 Å². The van der Waals surface area contributed by atoms with Crippen LogP contribution in [0.1, 0.15) is 0 Å². The molecule has 0 saturated carbocycles. The largest absolute Gasteiger partial charge is 0.355 e. The van der Waals surface area contributed by atoms with Gasteiger partial charge in [-0.05, 0) is 12.1 Å². The Bertz CT molecular complexity index is 739. The molecule has 0 fully saturated rings. The zero-order valence-corrected chi connectivity index (χ0v) is 9.74. The number of hydrogen-bond acceptors (Lipinski definition) is 2. The van der Waals surface area contributed by atoms with Crippen molar-refractivity contribution in [2.24, 2.45) is 0 Å². The lowest BCUT2D eigenvalue weighted by molar-refractivity contribution is 0.354. The summed E-state index contributed by atoms with van der Waals surface area (Å²) in [5, 5.41) is 15.7. The molecule has 18 heavy (non-hydrogen) atoms. The van der Waals surface area contributed by atoms with Crippen LogP contribution in [-0.2, 0) is 5.11 Å². The molecule has 0 bridgehead atoms. The third kappa shape index (κ3) is 1.62. The lowest BCUT2D eigenvalue weighted by atomic mass is 10.1. The van der Waals surface area contributed by atoms with Crippen molar-refractivity contribution in [2.45, 2.75) is 0 Å². The van der Waals surface area contributed by atoms with Crippen molar-refractivity contribution in [3.8, 4) is 17.0 Å². The van der Waals surface area contributed by atoms with E-state index in [1.165, 1.54) is 18.2 Å². The van der Waals surface area contributed by atoms with Gasteiger partial charge in [0.1, 0.15) is 11.5 Å². The van der Waals surface area contributed by atoms with Gasteiger partial charge in [-0.15, -0.1) is 0 Å². The van der Waals surface area contributed by atoms with E-state index in [0.717, 1.165) is 0 Å². The van der Waals surface area contributed by atoms with Gasteiger partial charge in [-0.25, -0.2) is 4.39 Å². The molecule has 1 aromatic heterocycles. The van der Waals surface area contributed by atoms with Gasteiger partial charge in [-0.1, -0.05) is 28.9 Å². The highest BCUT2D eigenvalue weighted by Crippen LogP contribution is 2.36. The Morgan fingerprint density at radius 2 is 2.00 bits per heavy atom. The highest BCUT2D eigenvalue weighted by Gasteiger charge is 2.17. The van der Waals surface area contributed by atoms with Gasteiger partial charge in [0.05, 0.1) is 10.4 Å². The Hall–Kier alpha value is -2.07. The maximum Gasteiger partial charge on any atom is 0.183 e. The molecule has 0 amide bonds. The molecule has 0 atom stereocenters. The summed E-state index contributed by atoms with van der Waals surface area (Å²) in [7, 11) is 0.